The Morgan fingerprint density at radius 2 is 1.87 bits per heavy atom. The first kappa shape index (κ1) is 22.1. The Morgan fingerprint density at radius 1 is 1.17 bits per heavy atom. The van der Waals surface area contributed by atoms with E-state index in [1.807, 2.05) is 6.92 Å². The van der Waals surface area contributed by atoms with Crippen molar-refractivity contribution in [1.29, 1.82) is 0 Å². The van der Waals surface area contributed by atoms with Crippen LogP contribution in [0.2, 0.25) is 0 Å². The smallest absolute Gasteiger partial charge is 0.331 e. The molecule has 4 amide bonds. The van der Waals surface area contributed by atoms with E-state index in [2.05, 4.69) is 27.8 Å². The van der Waals surface area contributed by atoms with E-state index in [9.17, 15) is 14.4 Å². The Balaban J connectivity index is 1.96. The van der Waals surface area contributed by atoms with Gasteiger partial charge in [0, 0.05) is 10.5 Å². The van der Waals surface area contributed by atoms with Crippen molar-refractivity contribution in [1.82, 2.24) is 10.2 Å². The molecular formula is C22H25BrN2O5. The molecule has 0 aromatic heterocycles. The van der Waals surface area contributed by atoms with Crippen LogP contribution in [-0.4, -0.2) is 42.0 Å². The number of halogens is 1. The highest BCUT2D eigenvalue weighted by molar-refractivity contribution is 9.10. The molecular weight excluding hydrogens is 452 g/mol. The van der Waals surface area contributed by atoms with Gasteiger partial charge in [-0.2, -0.15) is 0 Å². The second-order valence-electron chi connectivity index (χ2n) is 7.14. The largest absolute Gasteiger partial charge is 0.490 e. The molecule has 1 saturated carbocycles. The first-order valence-electron chi connectivity index (χ1n) is 10.1. The van der Waals surface area contributed by atoms with Gasteiger partial charge < -0.3 is 9.47 Å². The average molecular weight is 477 g/mol. The summed E-state index contributed by atoms with van der Waals surface area (Å²) in [5.41, 5.74) is 0.490. The second-order valence-corrected chi connectivity index (χ2v) is 7.99. The summed E-state index contributed by atoms with van der Waals surface area (Å²) in [6.07, 6.45) is 7.64. The lowest BCUT2D eigenvalue weighted by Gasteiger charge is -2.35. The van der Waals surface area contributed by atoms with Crippen molar-refractivity contribution in [3.05, 3.63) is 40.4 Å². The Labute approximate surface area is 184 Å². The molecule has 1 aromatic carbocycles. The van der Waals surface area contributed by atoms with E-state index >= 15 is 0 Å². The van der Waals surface area contributed by atoms with Crippen LogP contribution >= 0.6 is 15.9 Å². The zero-order valence-corrected chi connectivity index (χ0v) is 18.5. The molecule has 8 heteroatoms. The molecule has 0 radical (unpaired) electrons. The molecule has 7 nitrogen and oxygen atoms in total. The van der Waals surface area contributed by atoms with Crippen LogP contribution in [0.4, 0.5) is 4.79 Å². The van der Waals surface area contributed by atoms with Gasteiger partial charge in [0.1, 0.15) is 12.2 Å². The summed E-state index contributed by atoms with van der Waals surface area (Å²) in [4.78, 5) is 39.1. The minimum absolute atomic E-state index is 0.0805. The molecule has 0 atom stereocenters. The molecule has 0 bridgehead atoms. The van der Waals surface area contributed by atoms with Crippen molar-refractivity contribution >= 4 is 39.9 Å². The van der Waals surface area contributed by atoms with Crippen LogP contribution in [0.25, 0.3) is 6.08 Å². The SMILES string of the molecule is C=CCOc1cc(Br)c(C=C2C(=O)NC(=O)N(C3CCCCC3)C2=O)cc1OCC. The van der Waals surface area contributed by atoms with E-state index in [1.54, 1.807) is 18.2 Å². The molecule has 1 aliphatic carbocycles. The van der Waals surface area contributed by atoms with Crippen LogP contribution < -0.4 is 14.8 Å². The van der Waals surface area contributed by atoms with Crippen LogP contribution in [0.3, 0.4) is 0 Å². The number of carbonyl (C=O) groups excluding carboxylic acids is 3. The molecule has 0 spiro atoms. The predicted molar refractivity (Wildman–Crippen MR) is 116 cm³/mol. The van der Waals surface area contributed by atoms with E-state index in [0.717, 1.165) is 32.1 Å². The van der Waals surface area contributed by atoms with Crippen molar-refractivity contribution in [2.75, 3.05) is 13.2 Å². The standard InChI is InChI=1S/C22H25BrN2O5/c1-3-10-30-19-13-17(23)14(12-18(19)29-4-2)11-16-20(26)24-22(28)25(21(16)27)15-8-6-5-7-9-15/h3,11-13,15H,1,4-10H2,2H3,(H,24,26,28). The normalized spacial score (nSPS) is 19.1. The lowest BCUT2D eigenvalue weighted by molar-refractivity contribution is -0.132. The summed E-state index contributed by atoms with van der Waals surface area (Å²) < 4.78 is 11.9. The van der Waals surface area contributed by atoms with Crippen LogP contribution in [0.5, 0.6) is 11.5 Å². The molecule has 30 heavy (non-hydrogen) atoms. The highest BCUT2D eigenvalue weighted by atomic mass is 79.9. The molecule has 0 unspecified atom stereocenters. The minimum Gasteiger partial charge on any atom is -0.490 e. The first-order valence-corrected chi connectivity index (χ1v) is 10.9. The summed E-state index contributed by atoms with van der Waals surface area (Å²) in [5.74, 6) is -0.260. The topological polar surface area (TPSA) is 84.9 Å². The van der Waals surface area contributed by atoms with Crippen molar-refractivity contribution in [2.45, 2.75) is 45.1 Å². The third-order valence-electron chi connectivity index (χ3n) is 5.09. The number of amides is 4. The molecule has 2 aliphatic rings. The Bertz CT molecular complexity index is 890. The van der Waals surface area contributed by atoms with E-state index in [0.29, 0.717) is 34.7 Å². The van der Waals surface area contributed by atoms with E-state index in [1.165, 1.54) is 11.0 Å². The highest BCUT2D eigenvalue weighted by Crippen LogP contribution is 2.35. The number of hydrogen-bond donors (Lipinski definition) is 1. The number of ether oxygens (including phenoxy) is 2. The molecule has 1 aromatic rings. The zero-order chi connectivity index (χ0) is 21.7. The minimum atomic E-state index is -0.700. The van der Waals surface area contributed by atoms with Gasteiger partial charge in [0.2, 0.25) is 0 Å². The van der Waals surface area contributed by atoms with Gasteiger partial charge in [-0.3, -0.25) is 19.8 Å². The molecule has 3 rings (SSSR count). The zero-order valence-electron chi connectivity index (χ0n) is 16.9. The number of hydrogen-bond acceptors (Lipinski definition) is 5. The molecule has 1 saturated heterocycles. The fourth-order valence-corrected chi connectivity index (χ4v) is 4.13. The third kappa shape index (κ3) is 4.75. The highest BCUT2D eigenvalue weighted by Gasteiger charge is 2.40. The molecule has 2 fully saturated rings. The second kappa shape index (κ2) is 9.93. The quantitative estimate of drug-likeness (QED) is 0.362. The summed E-state index contributed by atoms with van der Waals surface area (Å²) in [6.45, 7) is 6.22. The van der Waals surface area contributed by atoms with Crippen molar-refractivity contribution in [3.8, 4) is 11.5 Å². The average Bonchev–Trinajstić information content (AvgIpc) is 2.72. The summed E-state index contributed by atoms with van der Waals surface area (Å²) >= 11 is 3.47. The fourth-order valence-electron chi connectivity index (χ4n) is 3.69. The number of barbiturate groups is 1. The fraction of sp³-hybridized carbons (Fsp3) is 0.409. The number of nitrogens with one attached hydrogen (secondary N) is 1. The van der Waals surface area contributed by atoms with Crippen LogP contribution in [0.1, 0.15) is 44.6 Å². The number of rotatable bonds is 7. The maximum Gasteiger partial charge on any atom is 0.331 e. The monoisotopic (exact) mass is 476 g/mol. The van der Waals surface area contributed by atoms with Gasteiger partial charge in [-0.1, -0.05) is 47.8 Å². The van der Waals surface area contributed by atoms with Crippen molar-refractivity contribution in [2.24, 2.45) is 0 Å². The van der Waals surface area contributed by atoms with Crippen LogP contribution in [0.15, 0.2) is 34.8 Å². The summed E-state index contributed by atoms with van der Waals surface area (Å²) in [5, 5.41) is 2.30. The van der Waals surface area contributed by atoms with Gasteiger partial charge in [-0.15, -0.1) is 0 Å². The van der Waals surface area contributed by atoms with Gasteiger partial charge in [0.15, 0.2) is 11.5 Å². The molecule has 1 aliphatic heterocycles. The van der Waals surface area contributed by atoms with Crippen molar-refractivity contribution in [3.63, 3.8) is 0 Å². The summed E-state index contributed by atoms with van der Waals surface area (Å²) in [7, 11) is 0. The number of urea groups is 1. The number of imide groups is 2. The Kier molecular flexibility index (Phi) is 7.31. The number of carbonyl (C=O) groups is 3. The van der Waals surface area contributed by atoms with E-state index in [-0.39, 0.29) is 11.6 Å². The number of nitrogens with zero attached hydrogens (tertiary/aromatic N) is 1. The van der Waals surface area contributed by atoms with Gasteiger partial charge in [0.25, 0.3) is 11.8 Å². The van der Waals surface area contributed by atoms with Crippen LogP contribution in [0, 0.1) is 0 Å². The van der Waals surface area contributed by atoms with Gasteiger partial charge >= 0.3 is 6.03 Å². The Hall–Kier alpha value is -2.61. The van der Waals surface area contributed by atoms with Crippen molar-refractivity contribution < 1.29 is 23.9 Å². The Morgan fingerprint density at radius 3 is 2.53 bits per heavy atom. The number of benzene rings is 1. The maximum atomic E-state index is 13.1. The van der Waals surface area contributed by atoms with Gasteiger partial charge in [0.05, 0.1) is 6.61 Å². The van der Waals surface area contributed by atoms with Crippen LogP contribution in [-0.2, 0) is 9.59 Å². The lowest BCUT2D eigenvalue weighted by atomic mass is 9.93. The molecule has 160 valence electrons. The lowest BCUT2D eigenvalue weighted by Crippen LogP contribution is -2.58. The third-order valence-corrected chi connectivity index (χ3v) is 5.78. The van der Waals surface area contributed by atoms with E-state index in [4.69, 9.17) is 9.47 Å². The maximum absolute atomic E-state index is 13.1. The van der Waals surface area contributed by atoms with E-state index < -0.39 is 17.8 Å². The van der Waals surface area contributed by atoms with Gasteiger partial charge in [-0.25, -0.2) is 4.79 Å². The molecule has 1 heterocycles. The van der Waals surface area contributed by atoms with Gasteiger partial charge in [-0.05, 0) is 43.5 Å². The molecule has 1 N–H and O–H groups in total. The summed E-state index contributed by atoms with van der Waals surface area (Å²) in [6, 6.07) is 2.59. The predicted octanol–water partition coefficient (Wildman–Crippen LogP) is 4.21. The first-order chi connectivity index (χ1) is 14.5.